The molecule has 0 saturated heterocycles. The van der Waals surface area contributed by atoms with Crippen LogP contribution in [0.2, 0.25) is 0 Å². The molecule has 0 aliphatic rings. The smallest absolute Gasteiger partial charge is 0.162 e. The highest BCUT2D eigenvalue weighted by Gasteiger charge is 2.25. The molecule has 2 N–H and O–H groups in total. The van der Waals surface area contributed by atoms with Crippen LogP contribution in [0.15, 0.2) is 0 Å². The van der Waals surface area contributed by atoms with E-state index in [0.717, 1.165) is 15.7 Å². The number of nitrogens with zero attached hydrogens (tertiary/aromatic N) is 2. The van der Waals surface area contributed by atoms with Gasteiger partial charge in [0.25, 0.3) is 0 Å². The zero-order valence-electron chi connectivity index (χ0n) is 9.47. The van der Waals surface area contributed by atoms with Crippen molar-refractivity contribution in [1.82, 2.24) is 9.97 Å². The molecule has 1 heterocycles. The zero-order valence-corrected chi connectivity index (χ0v) is 11.6. The highest BCUT2D eigenvalue weighted by molar-refractivity contribution is 14.1. The van der Waals surface area contributed by atoms with Crippen LogP contribution in [0.1, 0.15) is 32.3 Å². The van der Waals surface area contributed by atoms with Gasteiger partial charge in [0.2, 0.25) is 0 Å². The van der Waals surface area contributed by atoms with Gasteiger partial charge in [-0.05, 0) is 42.9 Å². The molecule has 0 spiro atoms. The predicted molar refractivity (Wildman–Crippen MR) is 68.6 cm³/mol. The van der Waals surface area contributed by atoms with Gasteiger partial charge in [-0.25, -0.2) is 9.97 Å². The summed E-state index contributed by atoms with van der Waals surface area (Å²) in [6.45, 7) is 5.90. The van der Waals surface area contributed by atoms with Gasteiger partial charge in [-0.2, -0.15) is 0 Å². The van der Waals surface area contributed by atoms with Crippen LogP contribution >= 0.6 is 22.6 Å². The molecule has 0 fully saturated rings. The molecule has 0 saturated carbocycles. The third-order valence-electron chi connectivity index (χ3n) is 2.33. The van der Waals surface area contributed by atoms with E-state index in [-0.39, 0.29) is 0 Å². The number of anilines is 1. The van der Waals surface area contributed by atoms with E-state index in [0.29, 0.717) is 11.6 Å². The lowest BCUT2D eigenvalue weighted by atomic mass is 10.1. The Morgan fingerprint density at radius 3 is 2.47 bits per heavy atom. The van der Waals surface area contributed by atoms with Crippen LogP contribution in [0.4, 0.5) is 5.82 Å². The van der Waals surface area contributed by atoms with Gasteiger partial charge >= 0.3 is 0 Å². The summed E-state index contributed by atoms with van der Waals surface area (Å²) in [6.07, 6.45) is 0.845. The standard InChI is InChI=1S/C10H16IN3O/c1-5-6-7(11)8(12)14-9(13-6)10(2,3)15-4/h5H2,1-4H3,(H2,12,13,14). The first-order valence-electron chi connectivity index (χ1n) is 4.80. The molecule has 1 rings (SSSR count). The van der Waals surface area contributed by atoms with Crippen LogP contribution in [0.3, 0.4) is 0 Å². The van der Waals surface area contributed by atoms with Gasteiger partial charge in [0.05, 0.1) is 9.26 Å². The van der Waals surface area contributed by atoms with E-state index < -0.39 is 5.60 Å². The van der Waals surface area contributed by atoms with E-state index in [1.807, 2.05) is 20.8 Å². The van der Waals surface area contributed by atoms with Crippen molar-refractivity contribution in [3.8, 4) is 0 Å². The summed E-state index contributed by atoms with van der Waals surface area (Å²) in [5.74, 6) is 1.17. The molecule has 4 nitrogen and oxygen atoms in total. The number of aryl methyl sites for hydroxylation is 1. The number of rotatable bonds is 3. The largest absolute Gasteiger partial charge is 0.383 e. The van der Waals surface area contributed by atoms with Gasteiger partial charge in [-0.1, -0.05) is 6.92 Å². The molecule has 0 aliphatic heterocycles. The molecule has 0 atom stereocenters. The number of nitrogens with two attached hydrogens (primary N) is 1. The molecule has 0 unspecified atom stereocenters. The quantitative estimate of drug-likeness (QED) is 0.866. The number of hydrogen-bond acceptors (Lipinski definition) is 4. The fourth-order valence-corrected chi connectivity index (χ4v) is 1.73. The Balaban J connectivity index is 3.28. The summed E-state index contributed by atoms with van der Waals surface area (Å²) in [5, 5.41) is 0. The number of ether oxygens (including phenoxy) is 1. The Kier molecular flexibility index (Phi) is 3.88. The topological polar surface area (TPSA) is 61.0 Å². The lowest BCUT2D eigenvalue weighted by molar-refractivity contribution is 0.0114. The number of halogens is 1. The molecule has 84 valence electrons. The lowest BCUT2D eigenvalue weighted by Crippen LogP contribution is -2.24. The van der Waals surface area contributed by atoms with Crippen LogP contribution in [0.25, 0.3) is 0 Å². The molecule has 15 heavy (non-hydrogen) atoms. The SMILES string of the molecule is CCc1nc(C(C)(C)OC)nc(N)c1I. The van der Waals surface area contributed by atoms with E-state index in [9.17, 15) is 0 Å². The molecular formula is C10H16IN3O. The average molecular weight is 321 g/mol. The van der Waals surface area contributed by atoms with Crippen molar-refractivity contribution in [3.05, 3.63) is 15.1 Å². The van der Waals surface area contributed by atoms with E-state index in [1.54, 1.807) is 7.11 Å². The number of methoxy groups -OCH3 is 1. The van der Waals surface area contributed by atoms with Crippen LogP contribution in [-0.4, -0.2) is 17.1 Å². The Hall–Kier alpha value is -0.430. The molecule has 0 aliphatic carbocycles. The fourth-order valence-electron chi connectivity index (χ4n) is 1.11. The molecular weight excluding hydrogens is 305 g/mol. The molecule has 0 radical (unpaired) electrons. The van der Waals surface area contributed by atoms with Gasteiger partial charge in [0.1, 0.15) is 11.4 Å². The van der Waals surface area contributed by atoms with Crippen molar-refractivity contribution >= 4 is 28.4 Å². The van der Waals surface area contributed by atoms with E-state index in [2.05, 4.69) is 32.6 Å². The van der Waals surface area contributed by atoms with Gasteiger partial charge < -0.3 is 10.5 Å². The third kappa shape index (κ3) is 2.57. The van der Waals surface area contributed by atoms with Crippen molar-refractivity contribution in [2.24, 2.45) is 0 Å². The second-order valence-corrected chi connectivity index (χ2v) is 4.84. The number of aromatic nitrogens is 2. The number of hydrogen-bond donors (Lipinski definition) is 1. The van der Waals surface area contributed by atoms with Crippen molar-refractivity contribution in [2.75, 3.05) is 12.8 Å². The first kappa shape index (κ1) is 12.6. The van der Waals surface area contributed by atoms with Crippen molar-refractivity contribution < 1.29 is 4.74 Å². The van der Waals surface area contributed by atoms with Crippen LogP contribution in [0, 0.1) is 3.57 Å². The Labute approximate surface area is 104 Å². The van der Waals surface area contributed by atoms with Crippen LogP contribution in [-0.2, 0) is 16.8 Å². The van der Waals surface area contributed by atoms with Crippen LogP contribution < -0.4 is 5.73 Å². The summed E-state index contributed by atoms with van der Waals surface area (Å²) in [7, 11) is 1.64. The summed E-state index contributed by atoms with van der Waals surface area (Å²) < 4.78 is 6.27. The Morgan fingerprint density at radius 2 is 2.00 bits per heavy atom. The summed E-state index contributed by atoms with van der Waals surface area (Å²) in [4.78, 5) is 8.73. The van der Waals surface area contributed by atoms with Gasteiger partial charge in [-0.15, -0.1) is 0 Å². The van der Waals surface area contributed by atoms with E-state index in [4.69, 9.17) is 10.5 Å². The monoisotopic (exact) mass is 321 g/mol. The van der Waals surface area contributed by atoms with Gasteiger partial charge in [0.15, 0.2) is 5.82 Å². The highest BCUT2D eigenvalue weighted by Crippen LogP contribution is 2.24. The molecule has 0 amide bonds. The molecule has 5 heteroatoms. The average Bonchev–Trinajstić information content (AvgIpc) is 2.21. The van der Waals surface area contributed by atoms with E-state index in [1.165, 1.54) is 0 Å². The van der Waals surface area contributed by atoms with E-state index >= 15 is 0 Å². The molecule has 0 aromatic carbocycles. The third-order valence-corrected chi connectivity index (χ3v) is 3.50. The Bertz CT molecular complexity index is 366. The normalized spacial score (nSPS) is 11.8. The second kappa shape index (κ2) is 4.61. The predicted octanol–water partition coefficient (Wildman–Crippen LogP) is 2.11. The maximum atomic E-state index is 5.83. The molecule has 1 aromatic heterocycles. The highest BCUT2D eigenvalue weighted by atomic mass is 127. The first-order chi connectivity index (χ1) is 6.92. The summed E-state index contributed by atoms with van der Waals surface area (Å²) in [5.41, 5.74) is 6.31. The molecule has 0 bridgehead atoms. The molecule has 1 aromatic rings. The first-order valence-corrected chi connectivity index (χ1v) is 5.87. The minimum atomic E-state index is -0.498. The lowest BCUT2D eigenvalue weighted by Gasteiger charge is -2.22. The number of nitrogen functional groups attached to an aromatic ring is 1. The van der Waals surface area contributed by atoms with Crippen molar-refractivity contribution in [1.29, 1.82) is 0 Å². The maximum Gasteiger partial charge on any atom is 0.162 e. The minimum absolute atomic E-state index is 0.498. The van der Waals surface area contributed by atoms with Crippen LogP contribution in [0.5, 0.6) is 0 Å². The summed E-state index contributed by atoms with van der Waals surface area (Å²) in [6, 6.07) is 0. The van der Waals surface area contributed by atoms with Gasteiger partial charge in [-0.3, -0.25) is 0 Å². The summed E-state index contributed by atoms with van der Waals surface area (Å²) >= 11 is 2.17. The fraction of sp³-hybridized carbons (Fsp3) is 0.600. The second-order valence-electron chi connectivity index (χ2n) is 3.76. The van der Waals surface area contributed by atoms with Crippen molar-refractivity contribution in [3.63, 3.8) is 0 Å². The van der Waals surface area contributed by atoms with Crippen molar-refractivity contribution in [2.45, 2.75) is 32.8 Å². The Morgan fingerprint density at radius 1 is 1.40 bits per heavy atom. The maximum absolute atomic E-state index is 5.83. The zero-order chi connectivity index (χ0) is 11.6. The minimum Gasteiger partial charge on any atom is -0.383 e. The van der Waals surface area contributed by atoms with Gasteiger partial charge in [0, 0.05) is 7.11 Å².